The first-order chi connectivity index (χ1) is 17.5. The highest BCUT2D eigenvalue weighted by Gasteiger charge is 2.23. The van der Waals surface area contributed by atoms with Crippen LogP contribution in [0.2, 0.25) is 5.02 Å². The van der Waals surface area contributed by atoms with Gasteiger partial charge in [-0.2, -0.15) is 0 Å². The Bertz CT molecular complexity index is 1400. The molecule has 5 rings (SSSR count). The van der Waals surface area contributed by atoms with Crippen LogP contribution in [0, 0.1) is 6.92 Å². The molecule has 0 N–H and O–H groups in total. The lowest BCUT2D eigenvalue weighted by Gasteiger charge is -2.25. The number of hydrogen-bond donors (Lipinski definition) is 0. The van der Waals surface area contributed by atoms with E-state index in [-0.39, 0.29) is 11.8 Å². The van der Waals surface area contributed by atoms with E-state index in [0.717, 1.165) is 52.7 Å². The van der Waals surface area contributed by atoms with E-state index >= 15 is 0 Å². The van der Waals surface area contributed by atoms with E-state index < -0.39 is 0 Å². The Balaban J connectivity index is 1.49. The molecule has 36 heavy (non-hydrogen) atoms. The quantitative estimate of drug-likeness (QED) is 0.265. The second-order valence-electron chi connectivity index (χ2n) is 9.24. The number of rotatable bonds is 8. The van der Waals surface area contributed by atoms with Gasteiger partial charge in [0.05, 0.1) is 16.1 Å². The number of hydrogen-bond acceptors (Lipinski definition) is 4. The van der Waals surface area contributed by atoms with Crippen molar-refractivity contribution in [2.24, 2.45) is 0 Å². The number of pyridine rings is 1. The molecule has 1 fully saturated rings. The molecule has 0 bridgehead atoms. The summed E-state index contributed by atoms with van der Waals surface area (Å²) in [6.07, 6.45) is 2.28. The predicted octanol–water partition coefficient (Wildman–Crippen LogP) is 6.58. The first-order valence-electron chi connectivity index (χ1n) is 12.2. The number of benzene rings is 2. The number of halogens is 1. The second kappa shape index (κ2) is 10.8. The number of carbonyl (C=O) groups is 2. The van der Waals surface area contributed by atoms with Gasteiger partial charge < -0.3 is 9.80 Å². The fraction of sp³-hybridized carbons (Fsp3) is 0.276. The maximum absolute atomic E-state index is 13.5. The maximum Gasteiger partial charge on any atom is 0.264 e. The van der Waals surface area contributed by atoms with E-state index in [4.69, 9.17) is 16.6 Å². The minimum atomic E-state index is 0.00384. The SMILES string of the molecule is Cc1cccc(-c2nc3cc(Cl)ccc3cc2CN(CCCN2CCCC2=O)C(=O)c2cccs2)c1. The van der Waals surface area contributed by atoms with Gasteiger partial charge in [0, 0.05) is 48.6 Å². The van der Waals surface area contributed by atoms with E-state index in [2.05, 4.69) is 31.2 Å². The normalized spacial score (nSPS) is 13.5. The molecule has 0 aliphatic carbocycles. The third-order valence-corrected chi connectivity index (χ3v) is 7.65. The monoisotopic (exact) mass is 517 g/mol. The van der Waals surface area contributed by atoms with E-state index in [0.29, 0.717) is 36.0 Å². The molecule has 0 unspecified atom stereocenters. The van der Waals surface area contributed by atoms with Gasteiger partial charge in [-0.15, -0.1) is 11.3 Å². The van der Waals surface area contributed by atoms with Crippen molar-refractivity contribution >= 4 is 45.7 Å². The summed E-state index contributed by atoms with van der Waals surface area (Å²) in [5.74, 6) is 0.217. The van der Waals surface area contributed by atoms with Gasteiger partial charge in [0.2, 0.25) is 5.91 Å². The summed E-state index contributed by atoms with van der Waals surface area (Å²) in [5, 5.41) is 3.55. The van der Waals surface area contributed by atoms with Crippen molar-refractivity contribution in [3.63, 3.8) is 0 Å². The van der Waals surface area contributed by atoms with Gasteiger partial charge in [-0.1, -0.05) is 47.5 Å². The molecule has 0 radical (unpaired) electrons. The van der Waals surface area contributed by atoms with E-state index in [1.54, 1.807) is 0 Å². The zero-order chi connectivity index (χ0) is 25.1. The Hall–Kier alpha value is -3.22. The van der Waals surface area contributed by atoms with E-state index in [1.165, 1.54) is 11.3 Å². The number of likely N-dealkylation sites (tertiary alicyclic amines) is 1. The number of aromatic nitrogens is 1. The number of amides is 2. The third kappa shape index (κ3) is 5.45. The van der Waals surface area contributed by atoms with Gasteiger partial charge >= 0.3 is 0 Å². The van der Waals surface area contributed by atoms with Crippen molar-refractivity contribution in [1.29, 1.82) is 0 Å². The summed E-state index contributed by atoms with van der Waals surface area (Å²) in [6, 6.07) is 19.9. The lowest BCUT2D eigenvalue weighted by Crippen LogP contribution is -2.34. The van der Waals surface area contributed by atoms with Crippen LogP contribution >= 0.6 is 22.9 Å². The first kappa shape index (κ1) is 24.5. The minimum absolute atomic E-state index is 0.00384. The lowest BCUT2D eigenvalue weighted by atomic mass is 10.0. The Morgan fingerprint density at radius 3 is 2.78 bits per heavy atom. The lowest BCUT2D eigenvalue weighted by molar-refractivity contribution is -0.127. The van der Waals surface area contributed by atoms with E-state index in [1.807, 2.05) is 51.6 Å². The van der Waals surface area contributed by atoms with Gasteiger partial charge in [-0.05, 0) is 61.0 Å². The number of aryl methyl sites for hydroxylation is 1. The first-order valence-corrected chi connectivity index (χ1v) is 13.5. The molecule has 1 aliphatic rings. The molecule has 0 spiro atoms. The van der Waals surface area contributed by atoms with Crippen LogP contribution in [0.4, 0.5) is 0 Å². The molecule has 1 saturated heterocycles. The fourth-order valence-electron chi connectivity index (χ4n) is 4.75. The van der Waals surface area contributed by atoms with Crippen LogP contribution in [0.5, 0.6) is 0 Å². The van der Waals surface area contributed by atoms with Crippen molar-refractivity contribution in [1.82, 2.24) is 14.8 Å². The van der Waals surface area contributed by atoms with Crippen LogP contribution < -0.4 is 0 Å². The molecule has 0 saturated carbocycles. The molecule has 184 valence electrons. The molecule has 5 nitrogen and oxygen atoms in total. The number of carbonyl (C=O) groups excluding carboxylic acids is 2. The molecular formula is C29H28ClN3O2S. The largest absolute Gasteiger partial charge is 0.343 e. The minimum Gasteiger partial charge on any atom is -0.343 e. The number of fused-ring (bicyclic) bond motifs is 1. The third-order valence-electron chi connectivity index (χ3n) is 6.56. The average Bonchev–Trinajstić information content (AvgIpc) is 3.55. The second-order valence-corrected chi connectivity index (χ2v) is 10.6. The fourth-order valence-corrected chi connectivity index (χ4v) is 5.61. The Morgan fingerprint density at radius 2 is 2.03 bits per heavy atom. The van der Waals surface area contributed by atoms with Crippen molar-refractivity contribution < 1.29 is 9.59 Å². The molecule has 7 heteroatoms. The molecule has 4 aromatic rings. The van der Waals surface area contributed by atoms with Crippen LogP contribution in [0.25, 0.3) is 22.2 Å². The van der Waals surface area contributed by atoms with Crippen LogP contribution in [-0.4, -0.2) is 46.2 Å². The van der Waals surface area contributed by atoms with E-state index in [9.17, 15) is 9.59 Å². The summed E-state index contributed by atoms with van der Waals surface area (Å²) in [7, 11) is 0. The van der Waals surface area contributed by atoms with Crippen molar-refractivity contribution in [2.45, 2.75) is 32.7 Å². The standard InChI is InChI=1S/C29H28ClN3O2S/c1-20-6-2-7-22(16-20)28-23(17-21-10-11-24(30)18-25(21)31-28)19-33(29(35)26-8-4-15-36-26)14-5-13-32-12-3-9-27(32)34/h2,4,6-8,10-11,15-18H,3,5,9,12-14,19H2,1H3. The summed E-state index contributed by atoms with van der Waals surface area (Å²) >= 11 is 7.72. The molecular weight excluding hydrogens is 490 g/mol. The maximum atomic E-state index is 13.5. The number of thiophene rings is 1. The molecule has 2 amide bonds. The van der Waals surface area contributed by atoms with Gasteiger partial charge in [-0.25, -0.2) is 4.98 Å². The predicted molar refractivity (Wildman–Crippen MR) is 146 cm³/mol. The van der Waals surface area contributed by atoms with Gasteiger partial charge in [-0.3, -0.25) is 9.59 Å². The Labute approximate surface area is 220 Å². The summed E-state index contributed by atoms with van der Waals surface area (Å²) < 4.78 is 0. The van der Waals surface area contributed by atoms with Crippen molar-refractivity contribution in [3.05, 3.63) is 87.1 Å². The molecule has 3 heterocycles. The zero-order valence-corrected chi connectivity index (χ0v) is 21.8. The van der Waals surface area contributed by atoms with Crippen LogP contribution in [0.3, 0.4) is 0 Å². The molecule has 2 aromatic heterocycles. The molecule has 0 atom stereocenters. The van der Waals surface area contributed by atoms with Crippen LogP contribution in [-0.2, 0) is 11.3 Å². The highest BCUT2D eigenvalue weighted by Crippen LogP contribution is 2.29. The average molecular weight is 518 g/mol. The highest BCUT2D eigenvalue weighted by molar-refractivity contribution is 7.12. The van der Waals surface area contributed by atoms with Crippen molar-refractivity contribution in [2.75, 3.05) is 19.6 Å². The topological polar surface area (TPSA) is 53.5 Å². The summed E-state index contributed by atoms with van der Waals surface area (Å²) in [5.41, 5.74) is 4.82. The Kier molecular flexibility index (Phi) is 7.35. The molecule has 1 aliphatic heterocycles. The van der Waals surface area contributed by atoms with Gasteiger partial charge in [0.15, 0.2) is 0 Å². The summed E-state index contributed by atoms with van der Waals surface area (Å²) in [4.78, 5) is 35.1. The van der Waals surface area contributed by atoms with Gasteiger partial charge in [0.1, 0.15) is 0 Å². The summed E-state index contributed by atoms with van der Waals surface area (Å²) in [6.45, 7) is 4.54. The Morgan fingerprint density at radius 1 is 1.14 bits per heavy atom. The number of nitrogens with zero attached hydrogens (tertiary/aromatic N) is 3. The smallest absolute Gasteiger partial charge is 0.264 e. The van der Waals surface area contributed by atoms with Crippen molar-refractivity contribution in [3.8, 4) is 11.3 Å². The van der Waals surface area contributed by atoms with Crippen LogP contribution in [0.15, 0.2) is 66.0 Å². The van der Waals surface area contributed by atoms with Gasteiger partial charge in [0.25, 0.3) is 5.91 Å². The highest BCUT2D eigenvalue weighted by atomic mass is 35.5. The molecule has 2 aromatic carbocycles. The zero-order valence-electron chi connectivity index (χ0n) is 20.2. The van der Waals surface area contributed by atoms with Crippen LogP contribution in [0.1, 0.15) is 40.1 Å².